The Bertz CT molecular complexity index is 347. The van der Waals surface area contributed by atoms with Gasteiger partial charge in [0.1, 0.15) is 6.29 Å². The van der Waals surface area contributed by atoms with Crippen molar-refractivity contribution in [2.75, 3.05) is 0 Å². The number of rotatable bonds is 4. The first-order chi connectivity index (χ1) is 7.10. The molecule has 82 valence electrons. The van der Waals surface area contributed by atoms with Crippen molar-refractivity contribution in [2.45, 2.75) is 32.6 Å². The van der Waals surface area contributed by atoms with E-state index in [1.54, 1.807) is 19.1 Å². The van der Waals surface area contributed by atoms with Crippen molar-refractivity contribution < 1.29 is 13.6 Å². The summed E-state index contributed by atoms with van der Waals surface area (Å²) in [6, 6.07) is 4.71. The van der Waals surface area contributed by atoms with Crippen LogP contribution in [0.1, 0.15) is 42.9 Å². The molecule has 0 spiro atoms. The fourth-order valence-corrected chi connectivity index (χ4v) is 1.51. The number of halogens is 2. The summed E-state index contributed by atoms with van der Waals surface area (Å²) in [6.07, 6.45) is -1.07. The van der Waals surface area contributed by atoms with Gasteiger partial charge in [0.2, 0.25) is 0 Å². The normalized spacial score (nSPS) is 12.9. The van der Waals surface area contributed by atoms with E-state index in [4.69, 9.17) is 0 Å². The van der Waals surface area contributed by atoms with E-state index in [1.807, 2.05) is 6.92 Å². The van der Waals surface area contributed by atoms with Crippen LogP contribution in [-0.4, -0.2) is 6.29 Å². The van der Waals surface area contributed by atoms with Crippen LogP contribution in [0.15, 0.2) is 18.2 Å². The van der Waals surface area contributed by atoms with E-state index in [0.29, 0.717) is 12.0 Å². The molecule has 3 heteroatoms. The molecule has 0 heterocycles. The molecule has 1 aromatic rings. The average Bonchev–Trinajstić information content (AvgIpc) is 2.26. The number of carbonyl (C=O) groups excluding carboxylic acids is 1. The minimum Gasteiger partial charge on any atom is -0.303 e. The molecular formula is C12H14F2O. The van der Waals surface area contributed by atoms with Crippen LogP contribution in [0.3, 0.4) is 0 Å². The van der Waals surface area contributed by atoms with Gasteiger partial charge in [-0.1, -0.05) is 32.0 Å². The van der Waals surface area contributed by atoms with E-state index in [2.05, 4.69) is 0 Å². The van der Waals surface area contributed by atoms with Crippen molar-refractivity contribution in [2.24, 2.45) is 0 Å². The van der Waals surface area contributed by atoms with Gasteiger partial charge in [0.15, 0.2) is 0 Å². The van der Waals surface area contributed by atoms with Gasteiger partial charge in [-0.05, 0) is 17.5 Å². The number of hydrogen-bond donors (Lipinski definition) is 0. The lowest BCUT2D eigenvalue weighted by Gasteiger charge is -2.11. The summed E-state index contributed by atoms with van der Waals surface area (Å²) in [5.74, 6) is -0.234. The lowest BCUT2D eigenvalue weighted by Crippen LogP contribution is -1.99. The van der Waals surface area contributed by atoms with Crippen LogP contribution in [0.25, 0.3) is 0 Å². The molecule has 0 saturated heterocycles. The number of aryl methyl sites for hydroxylation is 1. The molecule has 0 aliphatic heterocycles. The molecule has 0 bridgehead atoms. The van der Waals surface area contributed by atoms with Gasteiger partial charge in [0.25, 0.3) is 6.43 Å². The number of alkyl halides is 2. The highest BCUT2D eigenvalue weighted by molar-refractivity contribution is 5.61. The first kappa shape index (κ1) is 11.8. The number of benzene rings is 1. The predicted molar refractivity (Wildman–Crippen MR) is 55.3 cm³/mol. The van der Waals surface area contributed by atoms with Crippen molar-refractivity contribution in [3.05, 3.63) is 34.9 Å². The summed E-state index contributed by atoms with van der Waals surface area (Å²) < 4.78 is 25.1. The zero-order chi connectivity index (χ0) is 11.4. The van der Waals surface area contributed by atoms with Gasteiger partial charge >= 0.3 is 0 Å². The van der Waals surface area contributed by atoms with Gasteiger partial charge < -0.3 is 4.79 Å². The number of carbonyl (C=O) groups is 1. The third-order valence-corrected chi connectivity index (χ3v) is 2.51. The Kier molecular flexibility index (Phi) is 3.95. The van der Waals surface area contributed by atoms with Crippen LogP contribution in [-0.2, 0) is 11.2 Å². The molecule has 0 aromatic heterocycles. The Morgan fingerprint density at radius 1 is 1.40 bits per heavy atom. The Balaban J connectivity index is 3.12. The van der Waals surface area contributed by atoms with Gasteiger partial charge in [0.05, 0.1) is 0 Å². The molecule has 1 rings (SSSR count). The topological polar surface area (TPSA) is 17.1 Å². The molecule has 0 aliphatic rings. The second kappa shape index (κ2) is 5.01. The van der Waals surface area contributed by atoms with E-state index in [9.17, 15) is 13.6 Å². The standard InChI is InChI=1S/C12H14F2O/c1-3-9-6-10(8(2)7-15)4-5-11(9)12(13)14/h4-8,12H,3H2,1-2H3. The maximum absolute atomic E-state index is 12.6. The SMILES string of the molecule is CCc1cc(C(C)C=O)ccc1C(F)F. The van der Waals surface area contributed by atoms with E-state index in [0.717, 1.165) is 11.8 Å². The molecule has 0 radical (unpaired) electrons. The maximum atomic E-state index is 12.6. The fourth-order valence-electron chi connectivity index (χ4n) is 1.51. The van der Waals surface area contributed by atoms with E-state index >= 15 is 0 Å². The molecule has 0 fully saturated rings. The summed E-state index contributed by atoms with van der Waals surface area (Å²) in [5, 5.41) is 0. The zero-order valence-electron chi connectivity index (χ0n) is 8.84. The van der Waals surface area contributed by atoms with Gasteiger partial charge in [-0.15, -0.1) is 0 Å². The maximum Gasteiger partial charge on any atom is 0.264 e. The molecular weight excluding hydrogens is 198 g/mol. The molecule has 15 heavy (non-hydrogen) atoms. The smallest absolute Gasteiger partial charge is 0.264 e. The summed E-state index contributed by atoms with van der Waals surface area (Å²) in [5.41, 5.74) is 1.49. The third kappa shape index (κ3) is 2.61. The fraction of sp³-hybridized carbons (Fsp3) is 0.417. The molecule has 1 unspecified atom stereocenters. The van der Waals surface area contributed by atoms with Gasteiger partial charge in [-0.2, -0.15) is 0 Å². The Labute approximate surface area is 88.1 Å². The van der Waals surface area contributed by atoms with Gasteiger partial charge in [-0.25, -0.2) is 8.78 Å². The summed E-state index contributed by atoms with van der Waals surface area (Å²) >= 11 is 0. The second-order valence-corrected chi connectivity index (χ2v) is 3.54. The van der Waals surface area contributed by atoms with Crippen molar-refractivity contribution in [1.82, 2.24) is 0 Å². The quantitative estimate of drug-likeness (QED) is 0.698. The molecule has 0 aliphatic carbocycles. The minimum absolute atomic E-state index is 0.0688. The highest BCUT2D eigenvalue weighted by Gasteiger charge is 2.13. The number of hydrogen-bond acceptors (Lipinski definition) is 1. The van der Waals surface area contributed by atoms with Crippen molar-refractivity contribution >= 4 is 6.29 Å². The largest absolute Gasteiger partial charge is 0.303 e. The minimum atomic E-state index is -2.44. The summed E-state index contributed by atoms with van der Waals surface area (Å²) in [7, 11) is 0. The highest BCUT2D eigenvalue weighted by atomic mass is 19.3. The lowest BCUT2D eigenvalue weighted by molar-refractivity contribution is -0.108. The Hall–Kier alpha value is -1.25. The van der Waals surface area contributed by atoms with Crippen molar-refractivity contribution in [1.29, 1.82) is 0 Å². The van der Waals surface area contributed by atoms with Crippen LogP contribution >= 0.6 is 0 Å². The predicted octanol–water partition coefficient (Wildman–Crippen LogP) is 3.49. The van der Waals surface area contributed by atoms with Crippen LogP contribution < -0.4 is 0 Å². The average molecular weight is 212 g/mol. The van der Waals surface area contributed by atoms with E-state index < -0.39 is 6.43 Å². The molecule has 1 nitrogen and oxygen atoms in total. The molecule has 0 N–H and O–H groups in total. The van der Waals surface area contributed by atoms with Crippen molar-refractivity contribution in [3.8, 4) is 0 Å². The molecule has 0 amide bonds. The van der Waals surface area contributed by atoms with E-state index in [1.165, 1.54) is 6.07 Å². The molecule has 0 saturated carbocycles. The summed E-state index contributed by atoms with van der Waals surface area (Å²) in [6.45, 7) is 3.58. The Morgan fingerprint density at radius 2 is 2.07 bits per heavy atom. The molecule has 1 aromatic carbocycles. The summed E-state index contributed by atoms with van der Waals surface area (Å²) in [4.78, 5) is 10.6. The zero-order valence-corrected chi connectivity index (χ0v) is 8.84. The number of aldehydes is 1. The first-order valence-corrected chi connectivity index (χ1v) is 4.96. The highest BCUT2D eigenvalue weighted by Crippen LogP contribution is 2.26. The van der Waals surface area contributed by atoms with Gasteiger partial charge in [0, 0.05) is 11.5 Å². The Morgan fingerprint density at radius 3 is 2.53 bits per heavy atom. The van der Waals surface area contributed by atoms with Crippen LogP contribution in [0.2, 0.25) is 0 Å². The molecule has 1 atom stereocenters. The van der Waals surface area contributed by atoms with Crippen LogP contribution in [0, 0.1) is 0 Å². The third-order valence-electron chi connectivity index (χ3n) is 2.51. The monoisotopic (exact) mass is 212 g/mol. The van der Waals surface area contributed by atoms with Crippen LogP contribution in [0.5, 0.6) is 0 Å². The van der Waals surface area contributed by atoms with Crippen molar-refractivity contribution in [3.63, 3.8) is 0 Å². The van der Waals surface area contributed by atoms with Crippen LogP contribution in [0.4, 0.5) is 8.78 Å². The second-order valence-electron chi connectivity index (χ2n) is 3.54. The van der Waals surface area contributed by atoms with Gasteiger partial charge in [-0.3, -0.25) is 0 Å². The first-order valence-electron chi connectivity index (χ1n) is 4.96. The lowest BCUT2D eigenvalue weighted by atomic mass is 9.96. The van der Waals surface area contributed by atoms with E-state index in [-0.39, 0.29) is 11.5 Å².